The van der Waals surface area contributed by atoms with Crippen molar-refractivity contribution >= 4 is 51.6 Å². The summed E-state index contributed by atoms with van der Waals surface area (Å²) in [5.74, 6) is -2.53. The Kier molecular flexibility index (Phi) is 6.44. The fraction of sp³-hybridized carbons (Fsp3) is 0. The number of urea groups is 1. The second-order valence-electron chi connectivity index (χ2n) is 6.84. The third-order valence-electron chi connectivity index (χ3n) is 4.66. The maximum absolute atomic E-state index is 13.7. The van der Waals surface area contributed by atoms with Crippen LogP contribution in [0, 0.1) is 11.6 Å². The van der Waals surface area contributed by atoms with Crippen molar-refractivity contribution in [3.8, 4) is 11.5 Å². The van der Waals surface area contributed by atoms with Crippen LogP contribution in [0.1, 0.15) is 10.4 Å². The zero-order valence-corrected chi connectivity index (χ0v) is 18.2. The monoisotopic (exact) mass is 486 g/mol. The standard InChI is InChI=1S/C24H14Cl2F2N2O3/c25-16-9-11-20(15-5-2-1-4-14(15)16)33-21-10-8-13(12-17(21)26)29-24(32)30-23(31)22-18(27)6-3-7-19(22)28/h1-12H,(H2,29,30,31,32). The van der Waals surface area contributed by atoms with E-state index in [2.05, 4.69) is 5.32 Å². The van der Waals surface area contributed by atoms with Crippen LogP contribution in [0.5, 0.6) is 11.5 Å². The highest BCUT2D eigenvalue weighted by molar-refractivity contribution is 6.35. The summed E-state index contributed by atoms with van der Waals surface area (Å²) in [4.78, 5) is 24.1. The molecule has 0 saturated carbocycles. The van der Waals surface area contributed by atoms with Crippen molar-refractivity contribution in [1.82, 2.24) is 5.32 Å². The highest BCUT2D eigenvalue weighted by Gasteiger charge is 2.19. The minimum absolute atomic E-state index is 0.179. The van der Waals surface area contributed by atoms with Gasteiger partial charge in [-0.1, -0.05) is 53.5 Å². The second-order valence-corrected chi connectivity index (χ2v) is 7.66. The number of carbonyl (C=O) groups is 2. The lowest BCUT2D eigenvalue weighted by Crippen LogP contribution is -2.35. The lowest BCUT2D eigenvalue weighted by Gasteiger charge is -2.13. The fourth-order valence-corrected chi connectivity index (χ4v) is 3.59. The maximum atomic E-state index is 13.7. The highest BCUT2D eigenvalue weighted by Crippen LogP contribution is 2.37. The Labute approximate surface area is 196 Å². The van der Waals surface area contributed by atoms with Crippen LogP contribution < -0.4 is 15.4 Å². The van der Waals surface area contributed by atoms with Gasteiger partial charge in [-0.25, -0.2) is 13.6 Å². The van der Waals surface area contributed by atoms with E-state index in [-0.39, 0.29) is 10.7 Å². The number of nitrogens with one attached hydrogen (secondary N) is 2. The molecule has 0 bridgehead atoms. The van der Waals surface area contributed by atoms with Crippen molar-refractivity contribution in [1.29, 1.82) is 0 Å². The number of imide groups is 1. The van der Waals surface area contributed by atoms with Gasteiger partial charge in [0.1, 0.15) is 28.7 Å². The van der Waals surface area contributed by atoms with E-state index in [4.69, 9.17) is 27.9 Å². The molecule has 0 saturated heterocycles. The minimum atomic E-state index is -1.22. The molecule has 33 heavy (non-hydrogen) atoms. The van der Waals surface area contributed by atoms with Gasteiger partial charge < -0.3 is 10.1 Å². The van der Waals surface area contributed by atoms with E-state index >= 15 is 0 Å². The second kappa shape index (κ2) is 9.44. The minimum Gasteiger partial charge on any atom is -0.455 e. The molecular weight excluding hydrogens is 473 g/mol. The lowest BCUT2D eigenvalue weighted by atomic mass is 10.1. The normalized spacial score (nSPS) is 10.7. The molecule has 0 aromatic heterocycles. The van der Waals surface area contributed by atoms with Crippen molar-refractivity contribution < 1.29 is 23.1 Å². The van der Waals surface area contributed by atoms with Crippen molar-refractivity contribution in [3.63, 3.8) is 0 Å². The van der Waals surface area contributed by atoms with E-state index < -0.39 is 29.1 Å². The van der Waals surface area contributed by atoms with Crippen LogP contribution in [0.2, 0.25) is 10.0 Å². The van der Waals surface area contributed by atoms with Crippen LogP contribution >= 0.6 is 23.2 Å². The van der Waals surface area contributed by atoms with Gasteiger partial charge in [0.15, 0.2) is 0 Å². The molecule has 0 unspecified atom stereocenters. The molecule has 0 aliphatic heterocycles. The first-order valence-corrected chi connectivity index (χ1v) is 10.3. The molecule has 4 aromatic carbocycles. The van der Waals surface area contributed by atoms with E-state index in [1.807, 2.05) is 29.6 Å². The first-order valence-electron chi connectivity index (χ1n) is 9.54. The average Bonchev–Trinajstić information content (AvgIpc) is 2.77. The third kappa shape index (κ3) is 4.89. The van der Waals surface area contributed by atoms with Gasteiger partial charge in [0, 0.05) is 21.5 Å². The number of rotatable bonds is 4. The van der Waals surface area contributed by atoms with Gasteiger partial charge in [-0.2, -0.15) is 0 Å². The smallest absolute Gasteiger partial charge is 0.326 e. The van der Waals surface area contributed by atoms with Gasteiger partial charge >= 0.3 is 6.03 Å². The number of amides is 3. The first kappa shape index (κ1) is 22.5. The van der Waals surface area contributed by atoms with E-state index in [1.54, 1.807) is 12.1 Å². The summed E-state index contributed by atoms with van der Waals surface area (Å²) in [6.07, 6.45) is 0. The quantitative estimate of drug-likeness (QED) is 0.321. The van der Waals surface area contributed by atoms with Gasteiger partial charge in [-0.3, -0.25) is 10.1 Å². The molecular formula is C24H14Cl2F2N2O3. The Morgan fingerprint density at radius 2 is 1.42 bits per heavy atom. The third-order valence-corrected chi connectivity index (χ3v) is 5.28. The number of benzene rings is 4. The Bertz CT molecular complexity index is 1380. The zero-order chi connectivity index (χ0) is 23.5. The predicted octanol–water partition coefficient (Wildman–Crippen LogP) is 7.18. The van der Waals surface area contributed by atoms with Gasteiger partial charge in [0.05, 0.1) is 5.02 Å². The van der Waals surface area contributed by atoms with Crippen molar-refractivity contribution in [2.45, 2.75) is 0 Å². The van der Waals surface area contributed by atoms with Crippen LogP contribution in [0.15, 0.2) is 72.8 Å². The number of anilines is 1. The van der Waals surface area contributed by atoms with Gasteiger partial charge in [0.25, 0.3) is 5.91 Å². The molecule has 0 heterocycles. The number of hydrogen-bond acceptors (Lipinski definition) is 3. The molecule has 0 atom stereocenters. The lowest BCUT2D eigenvalue weighted by molar-refractivity contribution is 0.0959. The van der Waals surface area contributed by atoms with Crippen molar-refractivity contribution in [2.24, 2.45) is 0 Å². The first-order chi connectivity index (χ1) is 15.8. The summed E-state index contributed by atoms with van der Waals surface area (Å²) in [5, 5.41) is 6.62. The summed E-state index contributed by atoms with van der Waals surface area (Å²) < 4.78 is 33.3. The molecule has 166 valence electrons. The van der Waals surface area contributed by atoms with Gasteiger partial charge in [0.2, 0.25) is 0 Å². The molecule has 0 fully saturated rings. The zero-order valence-electron chi connectivity index (χ0n) is 16.7. The van der Waals surface area contributed by atoms with Gasteiger partial charge in [-0.05, 0) is 42.5 Å². The maximum Gasteiger partial charge on any atom is 0.326 e. The predicted molar refractivity (Wildman–Crippen MR) is 123 cm³/mol. The molecule has 2 N–H and O–H groups in total. The Morgan fingerprint density at radius 1 is 0.758 bits per heavy atom. The van der Waals surface area contributed by atoms with Gasteiger partial charge in [-0.15, -0.1) is 0 Å². The Hall–Kier alpha value is -3.68. The van der Waals surface area contributed by atoms with E-state index in [0.717, 1.165) is 29.0 Å². The van der Waals surface area contributed by atoms with Crippen LogP contribution in [0.3, 0.4) is 0 Å². The number of ether oxygens (including phenoxy) is 1. The molecule has 9 heteroatoms. The number of hydrogen-bond donors (Lipinski definition) is 2. The van der Waals surface area contributed by atoms with Crippen LogP contribution in [-0.4, -0.2) is 11.9 Å². The highest BCUT2D eigenvalue weighted by atomic mass is 35.5. The summed E-state index contributed by atoms with van der Waals surface area (Å²) >= 11 is 12.5. The number of fused-ring (bicyclic) bond motifs is 1. The molecule has 5 nitrogen and oxygen atoms in total. The SMILES string of the molecule is O=C(NC(=O)c1c(F)cccc1F)Nc1ccc(Oc2ccc(Cl)c3ccccc23)c(Cl)c1. The molecule has 0 aliphatic carbocycles. The molecule has 0 radical (unpaired) electrons. The Morgan fingerprint density at radius 3 is 2.12 bits per heavy atom. The molecule has 4 aromatic rings. The largest absolute Gasteiger partial charge is 0.455 e. The fourth-order valence-electron chi connectivity index (χ4n) is 3.15. The summed E-state index contributed by atoms with van der Waals surface area (Å²) in [6, 6.07) is 17.3. The molecule has 3 amide bonds. The molecule has 4 rings (SSSR count). The van der Waals surface area contributed by atoms with E-state index in [0.29, 0.717) is 16.5 Å². The van der Waals surface area contributed by atoms with Crippen molar-refractivity contribution in [2.75, 3.05) is 5.32 Å². The van der Waals surface area contributed by atoms with E-state index in [1.165, 1.54) is 18.2 Å². The average molecular weight is 487 g/mol. The topological polar surface area (TPSA) is 67.4 Å². The number of halogens is 4. The Balaban J connectivity index is 1.48. The summed E-state index contributed by atoms with van der Waals surface area (Å²) in [7, 11) is 0. The number of carbonyl (C=O) groups excluding carboxylic acids is 2. The summed E-state index contributed by atoms with van der Waals surface area (Å²) in [6.45, 7) is 0. The van der Waals surface area contributed by atoms with Crippen LogP contribution in [0.25, 0.3) is 10.8 Å². The molecule has 0 spiro atoms. The molecule has 0 aliphatic rings. The summed E-state index contributed by atoms with van der Waals surface area (Å²) in [5.41, 5.74) is -0.628. The van der Waals surface area contributed by atoms with Crippen molar-refractivity contribution in [3.05, 3.63) is 100 Å². The van der Waals surface area contributed by atoms with E-state index in [9.17, 15) is 18.4 Å². The van der Waals surface area contributed by atoms with Crippen LogP contribution in [-0.2, 0) is 0 Å². The van der Waals surface area contributed by atoms with Crippen LogP contribution in [0.4, 0.5) is 19.3 Å².